The van der Waals surface area contributed by atoms with Crippen molar-refractivity contribution in [1.29, 1.82) is 0 Å². The zero-order valence-electron chi connectivity index (χ0n) is 22.9. The normalized spacial score (nSPS) is 12.5. The molecule has 7 nitrogen and oxygen atoms in total. The summed E-state index contributed by atoms with van der Waals surface area (Å²) < 4.78 is 29.4. The highest BCUT2D eigenvalue weighted by Gasteiger charge is 2.33. The first-order chi connectivity index (χ1) is 18.6. The van der Waals surface area contributed by atoms with Crippen LogP contribution < -0.4 is 9.62 Å². The number of hydrogen-bond donors (Lipinski definition) is 1. The van der Waals surface area contributed by atoms with Crippen molar-refractivity contribution in [3.05, 3.63) is 92.4 Å². The van der Waals surface area contributed by atoms with Gasteiger partial charge in [0.15, 0.2) is 0 Å². The number of halogens is 3. The molecule has 1 N–H and O–H groups in total. The number of nitrogens with one attached hydrogen (secondary N) is 1. The Morgan fingerprint density at radius 1 is 0.975 bits per heavy atom. The van der Waals surface area contributed by atoms with Crippen LogP contribution >= 0.6 is 39.1 Å². The minimum absolute atomic E-state index is 0.00531. The predicted molar refractivity (Wildman–Crippen MR) is 164 cm³/mol. The minimum atomic E-state index is -4.15. The van der Waals surface area contributed by atoms with E-state index in [1.54, 1.807) is 61.5 Å². The monoisotopic (exact) mass is 667 g/mol. The van der Waals surface area contributed by atoms with Crippen LogP contribution in [0.25, 0.3) is 0 Å². The predicted octanol–water partition coefficient (Wildman–Crippen LogP) is 6.59. The van der Waals surface area contributed by atoms with E-state index in [0.29, 0.717) is 25.8 Å². The van der Waals surface area contributed by atoms with E-state index in [0.717, 1.165) is 9.87 Å². The molecule has 3 rings (SSSR count). The first kappa shape index (κ1) is 31.9. The van der Waals surface area contributed by atoms with Gasteiger partial charge in [0.05, 0.1) is 20.6 Å². The smallest absolute Gasteiger partial charge is 0.264 e. The van der Waals surface area contributed by atoms with Gasteiger partial charge >= 0.3 is 0 Å². The third-order valence-corrected chi connectivity index (χ3v) is 9.01. The summed E-state index contributed by atoms with van der Waals surface area (Å²) in [5.41, 5.74) is 1.29. The van der Waals surface area contributed by atoms with Crippen molar-refractivity contribution in [3.63, 3.8) is 0 Å². The maximum absolute atomic E-state index is 14.0. The summed E-state index contributed by atoms with van der Waals surface area (Å²) in [6, 6.07) is 17.1. The maximum atomic E-state index is 14.0. The van der Waals surface area contributed by atoms with Crippen LogP contribution in [0.5, 0.6) is 0 Å². The molecule has 0 saturated heterocycles. The van der Waals surface area contributed by atoms with Crippen LogP contribution in [-0.2, 0) is 26.2 Å². The Morgan fingerprint density at radius 2 is 1.62 bits per heavy atom. The number of aryl methyl sites for hydroxylation is 1. The Bertz CT molecular complexity index is 1490. The van der Waals surface area contributed by atoms with Crippen LogP contribution in [0.2, 0.25) is 10.0 Å². The average molecular weight is 669 g/mol. The van der Waals surface area contributed by atoms with Gasteiger partial charge in [-0.3, -0.25) is 13.9 Å². The Balaban J connectivity index is 2.05. The quantitative estimate of drug-likeness (QED) is 0.279. The highest BCUT2D eigenvalue weighted by molar-refractivity contribution is 9.10. The molecular weight excluding hydrogens is 637 g/mol. The van der Waals surface area contributed by atoms with E-state index in [9.17, 15) is 18.0 Å². The van der Waals surface area contributed by atoms with E-state index in [1.807, 2.05) is 27.7 Å². The Labute approximate surface area is 254 Å². The van der Waals surface area contributed by atoms with Crippen molar-refractivity contribution < 1.29 is 18.0 Å². The second-order valence-electron chi connectivity index (χ2n) is 10.5. The molecule has 0 heterocycles. The SMILES string of the molecule is Cc1ccc(S(=O)(=O)N(CC(=O)N(Cc2ccc(Cl)c(Cl)c2)[C@@H](C)C(=O)NC(C)(C)C)c2cccc(Br)c2)cc1. The topological polar surface area (TPSA) is 86.8 Å². The van der Waals surface area contributed by atoms with Crippen molar-refractivity contribution >= 4 is 66.7 Å². The van der Waals surface area contributed by atoms with Crippen LogP contribution in [0, 0.1) is 6.92 Å². The van der Waals surface area contributed by atoms with Gasteiger partial charge in [-0.1, -0.05) is 69.0 Å². The van der Waals surface area contributed by atoms with E-state index in [2.05, 4.69) is 21.2 Å². The van der Waals surface area contributed by atoms with Gasteiger partial charge in [-0.2, -0.15) is 0 Å². The Hall–Kier alpha value is -2.59. The molecule has 11 heteroatoms. The second kappa shape index (κ2) is 12.9. The molecule has 3 aromatic rings. The van der Waals surface area contributed by atoms with E-state index in [4.69, 9.17) is 23.2 Å². The summed E-state index contributed by atoms with van der Waals surface area (Å²) >= 11 is 15.7. The standard InChI is InChI=1S/C29H32BrCl2N3O4S/c1-19-9-12-24(13-10-19)40(38,39)35(23-8-6-7-22(30)16-23)18-27(36)34(20(2)28(37)33-29(3,4)5)17-21-11-14-25(31)26(32)15-21/h6-16,20H,17-18H2,1-5H3,(H,33,37)/t20-/m0/s1. The molecule has 0 aliphatic heterocycles. The number of carbonyl (C=O) groups excluding carboxylic acids is 2. The number of amides is 2. The number of rotatable bonds is 9. The van der Waals surface area contributed by atoms with E-state index in [1.165, 1.54) is 17.0 Å². The summed E-state index contributed by atoms with van der Waals surface area (Å²) in [5.74, 6) is -0.949. The van der Waals surface area contributed by atoms with Gasteiger partial charge in [-0.05, 0) is 82.6 Å². The van der Waals surface area contributed by atoms with Gasteiger partial charge < -0.3 is 10.2 Å². The van der Waals surface area contributed by atoms with Crippen LogP contribution in [-0.4, -0.2) is 43.3 Å². The van der Waals surface area contributed by atoms with Crippen molar-refractivity contribution in [1.82, 2.24) is 10.2 Å². The number of hydrogen-bond acceptors (Lipinski definition) is 4. The summed E-state index contributed by atoms with van der Waals surface area (Å²) in [7, 11) is -4.15. The van der Waals surface area contributed by atoms with Crippen molar-refractivity contribution in [2.75, 3.05) is 10.8 Å². The maximum Gasteiger partial charge on any atom is 0.264 e. The number of carbonyl (C=O) groups is 2. The molecule has 0 bridgehead atoms. The zero-order valence-corrected chi connectivity index (χ0v) is 26.8. The summed E-state index contributed by atoms with van der Waals surface area (Å²) in [6.45, 7) is 8.45. The van der Waals surface area contributed by atoms with E-state index < -0.39 is 34.1 Å². The van der Waals surface area contributed by atoms with Crippen LogP contribution in [0.15, 0.2) is 76.1 Å². The molecule has 0 fully saturated rings. The molecule has 2 amide bonds. The van der Waals surface area contributed by atoms with Gasteiger partial charge in [0.25, 0.3) is 10.0 Å². The number of anilines is 1. The van der Waals surface area contributed by atoms with Crippen molar-refractivity contribution in [3.8, 4) is 0 Å². The van der Waals surface area contributed by atoms with Crippen LogP contribution in [0.1, 0.15) is 38.8 Å². The molecule has 3 aromatic carbocycles. The molecule has 0 aliphatic rings. The third-order valence-electron chi connectivity index (χ3n) is 5.99. The average Bonchev–Trinajstić information content (AvgIpc) is 2.86. The molecule has 214 valence electrons. The van der Waals surface area contributed by atoms with E-state index >= 15 is 0 Å². The molecule has 0 aliphatic carbocycles. The lowest BCUT2D eigenvalue weighted by Gasteiger charge is -2.33. The molecular formula is C29H32BrCl2N3O4S. The highest BCUT2D eigenvalue weighted by Crippen LogP contribution is 2.28. The van der Waals surface area contributed by atoms with Crippen LogP contribution in [0.4, 0.5) is 5.69 Å². The molecule has 0 saturated carbocycles. The lowest BCUT2D eigenvalue weighted by molar-refractivity contribution is -0.140. The molecule has 0 unspecified atom stereocenters. The third kappa shape index (κ3) is 8.22. The zero-order chi connectivity index (χ0) is 29.8. The fourth-order valence-corrected chi connectivity index (χ4v) is 6.00. The fourth-order valence-electron chi connectivity index (χ4n) is 3.89. The highest BCUT2D eigenvalue weighted by atomic mass is 79.9. The molecule has 40 heavy (non-hydrogen) atoms. The summed E-state index contributed by atoms with van der Waals surface area (Å²) in [5, 5.41) is 3.55. The first-order valence-corrected chi connectivity index (χ1v) is 15.5. The fraction of sp³-hybridized carbons (Fsp3) is 0.310. The van der Waals surface area contributed by atoms with Gasteiger partial charge in [0.2, 0.25) is 11.8 Å². The number of benzene rings is 3. The Morgan fingerprint density at radius 3 is 2.20 bits per heavy atom. The molecule has 1 atom stereocenters. The summed E-state index contributed by atoms with van der Waals surface area (Å²) in [6.07, 6.45) is 0. The van der Waals surface area contributed by atoms with Crippen molar-refractivity contribution in [2.45, 2.75) is 57.6 Å². The van der Waals surface area contributed by atoms with Crippen molar-refractivity contribution in [2.24, 2.45) is 0 Å². The van der Waals surface area contributed by atoms with Gasteiger partial charge in [-0.25, -0.2) is 8.42 Å². The molecule has 0 radical (unpaired) electrons. The summed E-state index contributed by atoms with van der Waals surface area (Å²) in [4.78, 5) is 28.5. The largest absolute Gasteiger partial charge is 0.350 e. The van der Waals surface area contributed by atoms with Gasteiger partial charge in [-0.15, -0.1) is 0 Å². The van der Waals surface area contributed by atoms with Gasteiger partial charge in [0.1, 0.15) is 12.6 Å². The van der Waals surface area contributed by atoms with E-state index in [-0.39, 0.29) is 17.3 Å². The van der Waals surface area contributed by atoms with Crippen LogP contribution in [0.3, 0.4) is 0 Å². The number of sulfonamides is 1. The Kier molecular flexibility index (Phi) is 10.3. The second-order valence-corrected chi connectivity index (χ2v) is 14.1. The number of nitrogens with zero attached hydrogens (tertiary/aromatic N) is 2. The lowest BCUT2D eigenvalue weighted by atomic mass is 10.1. The molecule has 0 spiro atoms. The first-order valence-electron chi connectivity index (χ1n) is 12.5. The van der Waals surface area contributed by atoms with Gasteiger partial charge in [0, 0.05) is 16.6 Å². The molecule has 0 aromatic heterocycles. The lowest BCUT2D eigenvalue weighted by Crippen LogP contribution is -2.54. The minimum Gasteiger partial charge on any atom is -0.350 e.